The molecule has 2 atom stereocenters. The van der Waals surface area contributed by atoms with E-state index in [4.69, 9.17) is 4.74 Å². The predicted octanol–water partition coefficient (Wildman–Crippen LogP) is 3.47. The van der Waals surface area contributed by atoms with Gasteiger partial charge in [0.2, 0.25) is 15.7 Å². The molecule has 0 aromatic heterocycles. The topological polar surface area (TPSA) is 80.8 Å². The summed E-state index contributed by atoms with van der Waals surface area (Å²) >= 11 is 3.11. The third-order valence-corrected chi connectivity index (χ3v) is 8.63. The molecule has 8 heteroatoms. The zero-order valence-corrected chi connectivity index (χ0v) is 18.4. The smallest absolute Gasteiger partial charge is 0.356 e. The molecule has 1 fully saturated rings. The van der Waals surface area contributed by atoms with Gasteiger partial charge in [-0.1, -0.05) is 83.2 Å². The molecule has 4 rings (SSSR count). The van der Waals surface area contributed by atoms with Crippen molar-refractivity contribution >= 4 is 37.6 Å². The number of halogens is 1. The summed E-state index contributed by atoms with van der Waals surface area (Å²) in [5.41, 5.74) is 1.53. The molecule has 1 saturated heterocycles. The summed E-state index contributed by atoms with van der Waals surface area (Å²) in [7, 11) is -3.83. The minimum atomic E-state index is -3.83. The van der Waals surface area contributed by atoms with Crippen LogP contribution in [0.4, 0.5) is 0 Å². The van der Waals surface area contributed by atoms with E-state index in [1.165, 1.54) is 6.92 Å². The molecule has 0 spiro atoms. The Morgan fingerprint density at radius 3 is 2.07 bits per heavy atom. The number of hydrogen-bond acceptors (Lipinski definition) is 5. The summed E-state index contributed by atoms with van der Waals surface area (Å²) in [6.07, 6.45) is -0.721. The van der Waals surface area contributed by atoms with Crippen molar-refractivity contribution in [2.45, 2.75) is 23.2 Å². The van der Waals surface area contributed by atoms with E-state index in [0.29, 0.717) is 0 Å². The number of amides is 1. The Labute approximate surface area is 182 Å². The van der Waals surface area contributed by atoms with Crippen molar-refractivity contribution in [3.8, 4) is 0 Å². The van der Waals surface area contributed by atoms with Gasteiger partial charge < -0.3 is 4.74 Å². The first kappa shape index (κ1) is 20.6. The van der Waals surface area contributed by atoms with Crippen LogP contribution in [0.3, 0.4) is 0 Å². The minimum absolute atomic E-state index is 0.0858. The molecule has 2 heterocycles. The average molecular weight is 488 g/mol. The number of hydrogen-bond donors (Lipinski definition) is 0. The molecule has 30 heavy (non-hydrogen) atoms. The second-order valence-electron chi connectivity index (χ2n) is 7.05. The third kappa shape index (κ3) is 3.11. The van der Waals surface area contributed by atoms with Gasteiger partial charge >= 0.3 is 5.97 Å². The Hall–Kier alpha value is -2.71. The van der Waals surface area contributed by atoms with Crippen molar-refractivity contribution in [3.05, 3.63) is 94.5 Å². The Bertz CT molecular complexity index is 1140. The minimum Gasteiger partial charge on any atom is -0.448 e. The van der Waals surface area contributed by atoms with Crippen LogP contribution in [-0.2, 0) is 24.2 Å². The largest absolute Gasteiger partial charge is 0.448 e. The molecule has 2 aliphatic heterocycles. The van der Waals surface area contributed by atoms with Crippen LogP contribution in [-0.4, -0.2) is 35.4 Å². The van der Waals surface area contributed by atoms with Gasteiger partial charge in [0, 0.05) is 0 Å². The molecule has 1 amide bonds. The molecule has 6 nitrogen and oxygen atoms in total. The molecule has 0 radical (unpaired) electrons. The number of benzene rings is 2. The Kier molecular flexibility index (Phi) is 5.15. The number of rotatable bonds is 4. The van der Waals surface area contributed by atoms with E-state index < -0.39 is 38.0 Å². The summed E-state index contributed by atoms with van der Waals surface area (Å²) in [6, 6.07) is 18.4. The number of esters is 1. The number of carbonyl (C=O) groups is 2. The van der Waals surface area contributed by atoms with Crippen LogP contribution in [0.25, 0.3) is 0 Å². The molecule has 0 aliphatic carbocycles. The van der Waals surface area contributed by atoms with Crippen LogP contribution in [0, 0.1) is 0 Å². The summed E-state index contributed by atoms with van der Waals surface area (Å²) in [5, 5.41) is -1.20. The molecular weight excluding hydrogens is 470 g/mol. The van der Waals surface area contributed by atoms with Crippen LogP contribution >= 0.6 is 15.9 Å². The molecule has 2 aromatic carbocycles. The number of allylic oxidation sites excluding steroid dienone is 1. The van der Waals surface area contributed by atoms with Crippen LogP contribution < -0.4 is 0 Å². The van der Waals surface area contributed by atoms with Gasteiger partial charge in [-0.15, -0.1) is 0 Å². The summed E-state index contributed by atoms with van der Waals surface area (Å²) < 4.78 is 31.2. The van der Waals surface area contributed by atoms with E-state index in [9.17, 15) is 18.0 Å². The zero-order chi connectivity index (χ0) is 21.6. The first-order valence-electron chi connectivity index (χ1n) is 9.17. The number of carbonyl (C=O) groups excluding carboxylic acids is 2. The second kappa shape index (κ2) is 7.52. The lowest BCUT2D eigenvalue weighted by Crippen LogP contribution is -2.67. The highest BCUT2D eigenvalue weighted by Gasteiger charge is 2.60. The van der Waals surface area contributed by atoms with Crippen molar-refractivity contribution in [1.29, 1.82) is 0 Å². The summed E-state index contributed by atoms with van der Waals surface area (Å²) in [5.74, 6) is -1.28. The van der Waals surface area contributed by atoms with Crippen molar-refractivity contribution in [2.75, 3.05) is 0 Å². The molecule has 154 valence electrons. The first-order valence-corrected chi connectivity index (χ1v) is 11.6. The van der Waals surface area contributed by atoms with E-state index in [-0.39, 0.29) is 16.2 Å². The Morgan fingerprint density at radius 1 is 1.07 bits per heavy atom. The van der Waals surface area contributed by atoms with E-state index in [1.54, 1.807) is 0 Å². The Balaban J connectivity index is 1.75. The lowest BCUT2D eigenvalue weighted by molar-refractivity contribution is -0.151. The van der Waals surface area contributed by atoms with E-state index in [0.717, 1.165) is 16.0 Å². The fourth-order valence-corrected chi connectivity index (χ4v) is 6.68. The Morgan fingerprint density at radius 2 is 1.57 bits per heavy atom. The van der Waals surface area contributed by atoms with Gasteiger partial charge in [-0.25, -0.2) is 13.2 Å². The van der Waals surface area contributed by atoms with Crippen LogP contribution in [0.2, 0.25) is 0 Å². The molecule has 0 bridgehead atoms. The fourth-order valence-electron chi connectivity index (χ4n) is 3.63. The van der Waals surface area contributed by atoms with Crippen LogP contribution in [0.1, 0.15) is 24.2 Å². The third-order valence-electron chi connectivity index (χ3n) is 5.28. The summed E-state index contributed by atoms with van der Waals surface area (Å²) in [6.45, 7) is 5.10. The fraction of sp³-hybridized carbons (Fsp3) is 0.182. The maximum absolute atomic E-state index is 13.2. The predicted molar refractivity (Wildman–Crippen MR) is 115 cm³/mol. The number of ether oxygens (including phenoxy) is 1. The monoisotopic (exact) mass is 487 g/mol. The quantitative estimate of drug-likeness (QED) is 0.374. The van der Waals surface area contributed by atoms with Gasteiger partial charge in [0.05, 0.1) is 4.91 Å². The number of β-lactam (4-membered cyclic amide) rings is 1. The van der Waals surface area contributed by atoms with Crippen molar-refractivity contribution in [3.63, 3.8) is 0 Å². The van der Waals surface area contributed by atoms with E-state index >= 15 is 0 Å². The lowest BCUT2D eigenvalue weighted by atomic mass is 10.0. The number of nitrogens with zero attached hydrogens (tertiary/aromatic N) is 1. The zero-order valence-electron chi connectivity index (χ0n) is 16.0. The molecule has 2 aliphatic rings. The van der Waals surface area contributed by atoms with Gasteiger partial charge in [0.25, 0.3) is 0 Å². The number of fused-ring (bicyclic) bond motifs is 1. The standard InChI is InChI=1S/C22H18BrNO5S/c1-13-14(2)30(27,28)21-17(23)20(25)24(21)18(13)22(26)29-19(15-9-5-3-6-10-15)16-11-7-4-8-12-16/h3-12,17,19,21H,2H2,1H3/t17-,21-/m0/s1. The number of alkyl halides is 1. The lowest BCUT2D eigenvalue weighted by Gasteiger charge is -2.47. The van der Waals surface area contributed by atoms with Gasteiger partial charge in [0.1, 0.15) is 10.5 Å². The normalized spacial score (nSPS) is 22.6. The van der Waals surface area contributed by atoms with E-state index in [1.807, 2.05) is 60.7 Å². The highest BCUT2D eigenvalue weighted by Crippen LogP contribution is 2.44. The highest BCUT2D eigenvalue weighted by atomic mass is 79.9. The molecular formula is C22H18BrNO5S. The maximum Gasteiger partial charge on any atom is 0.356 e. The van der Waals surface area contributed by atoms with Crippen molar-refractivity contribution in [1.82, 2.24) is 4.90 Å². The van der Waals surface area contributed by atoms with Gasteiger partial charge in [-0.2, -0.15) is 0 Å². The molecule has 0 saturated carbocycles. The maximum atomic E-state index is 13.2. The average Bonchev–Trinajstić information content (AvgIpc) is 2.76. The van der Waals surface area contributed by atoms with Crippen molar-refractivity contribution in [2.24, 2.45) is 0 Å². The first-order chi connectivity index (χ1) is 14.2. The van der Waals surface area contributed by atoms with Gasteiger partial charge in [-0.05, 0) is 23.6 Å². The van der Waals surface area contributed by atoms with Crippen LogP contribution in [0.15, 0.2) is 83.4 Å². The number of sulfone groups is 1. The molecule has 0 N–H and O–H groups in total. The molecule has 0 unspecified atom stereocenters. The van der Waals surface area contributed by atoms with E-state index in [2.05, 4.69) is 22.5 Å². The second-order valence-corrected chi connectivity index (χ2v) is 10.1. The highest BCUT2D eigenvalue weighted by molar-refractivity contribution is 9.10. The SMILES string of the molecule is C=C1C(C)=C(C(=O)OC(c2ccccc2)c2ccccc2)N2C(=O)[C@H](Br)[C@@H]2S1(=O)=O. The molecule has 2 aromatic rings. The van der Waals surface area contributed by atoms with Gasteiger partial charge in [0.15, 0.2) is 11.5 Å². The van der Waals surface area contributed by atoms with Crippen LogP contribution in [0.5, 0.6) is 0 Å². The summed E-state index contributed by atoms with van der Waals surface area (Å²) in [4.78, 5) is 25.6. The van der Waals surface area contributed by atoms with Crippen molar-refractivity contribution < 1.29 is 22.7 Å². The van der Waals surface area contributed by atoms with Gasteiger partial charge in [-0.3, -0.25) is 9.69 Å².